The first-order chi connectivity index (χ1) is 13.0. The van der Waals surface area contributed by atoms with Crippen LogP contribution in [0.4, 0.5) is 0 Å². The van der Waals surface area contributed by atoms with Crippen LogP contribution in [0.2, 0.25) is 0 Å². The van der Waals surface area contributed by atoms with Gasteiger partial charge in [-0.05, 0) is 18.4 Å². The largest absolute Gasteiger partial charge is 0.463 e. The normalized spacial score (nSPS) is 12.7. The van der Waals surface area contributed by atoms with E-state index in [-0.39, 0.29) is 11.8 Å². The number of hydrogen-bond acceptors (Lipinski definition) is 6. The fraction of sp³-hybridized carbons (Fsp3) is 0.300. The molecule has 2 amide bonds. The summed E-state index contributed by atoms with van der Waals surface area (Å²) in [6, 6.07) is 9.10. The first-order valence-corrected chi connectivity index (χ1v) is 8.62. The van der Waals surface area contributed by atoms with Crippen molar-refractivity contribution in [3.8, 4) is 0 Å². The van der Waals surface area contributed by atoms with E-state index in [4.69, 9.17) is 9.47 Å². The summed E-state index contributed by atoms with van der Waals surface area (Å²) in [5.41, 5.74) is 1.21. The van der Waals surface area contributed by atoms with Crippen LogP contribution in [0, 0.1) is 0 Å². The van der Waals surface area contributed by atoms with Gasteiger partial charge in [-0.2, -0.15) is 0 Å². The summed E-state index contributed by atoms with van der Waals surface area (Å²) < 4.78 is 9.43. The van der Waals surface area contributed by atoms with Crippen molar-refractivity contribution in [1.29, 1.82) is 0 Å². The van der Waals surface area contributed by atoms with Crippen molar-refractivity contribution in [1.82, 2.24) is 5.32 Å². The molecule has 0 radical (unpaired) electrons. The molecule has 1 aliphatic heterocycles. The molecule has 0 saturated carbocycles. The molecule has 1 aliphatic rings. The molecular formula is C20H23NO6. The molecule has 0 atom stereocenters. The molecule has 2 rings (SSSR count). The highest BCUT2D eigenvalue weighted by molar-refractivity contribution is 6.33. The van der Waals surface area contributed by atoms with Gasteiger partial charge in [-0.25, -0.2) is 9.59 Å². The lowest BCUT2D eigenvalue weighted by Crippen LogP contribution is -2.21. The molecule has 27 heavy (non-hydrogen) atoms. The van der Waals surface area contributed by atoms with Crippen LogP contribution < -0.4 is 5.32 Å². The van der Waals surface area contributed by atoms with Crippen molar-refractivity contribution >= 4 is 29.3 Å². The lowest BCUT2D eigenvalue weighted by molar-refractivity contribution is -0.140. The maximum absolute atomic E-state index is 11.2. The van der Waals surface area contributed by atoms with E-state index in [2.05, 4.69) is 5.32 Å². The molecule has 7 nitrogen and oxygen atoms in total. The van der Waals surface area contributed by atoms with Crippen LogP contribution in [-0.4, -0.2) is 37.0 Å². The number of ether oxygens (including phenoxy) is 2. The summed E-state index contributed by atoms with van der Waals surface area (Å²) in [4.78, 5) is 43.7. The Hall–Kier alpha value is -3.22. The highest BCUT2D eigenvalue weighted by Gasteiger charge is 2.21. The number of esters is 2. The Kier molecular flexibility index (Phi) is 9.85. The average molecular weight is 373 g/mol. The number of amides is 2. The zero-order chi connectivity index (χ0) is 20.1. The molecule has 0 aliphatic carbocycles. The van der Waals surface area contributed by atoms with Crippen molar-refractivity contribution in [3.63, 3.8) is 0 Å². The average Bonchev–Trinajstić information content (AvgIpc) is 3.02. The predicted octanol–water partition coefficient (Wildman–Crippen LogP) is 2.18. The highest BCUT2D eigenvalue weighted by Crippen LogP contribution is 2.16. The van der Waals surface area contributed by atoms with Gasteiger partial charge in [-0.3, -0.25) is 14.9 Å². The number of rotatable bonds is 7. The van der Waals surface area contributed by atoms with E-state index in [1.807, 2.05) is 32.0 Å². The summed E-state index contributed by atoms with van der Waals surface area (Å²) in [6.45, 7) is 4.53. The van der Waals surface area contributed by atoms with Crippen molar-refractivity contribution in [2.24, 2.45) is 0 Å². The summed E-state index contributed by atoms with van der Waals surface area (Å²) in [5.74, 6) is -1.69. The van der Waals surface area contributed by atoms with Crippen molar-refractivity contribution in [2.75, 3.05) is 13.2 Å². The summed E-state index contributed by atoms with van der Waals surface area (Å²) in [7, 11) is 0. The number of carbonyl (C=O) groups excluding carboxylic acids is 4. The van der Waals surface area contributed by atoms with Gasteiger partial charge in [0.15, 0.2) is 0 Å². The lowest BCUT2D eigenvalue weighted by Gasteiger charge is -1.98. The van der Waals surface area contributed by atoms with E-state index in [0.717, 1.165) is 30.6 Å². The zero-order valence-electron chi connectivity index (χ0n) is 15.4. The van der Waals surface area contributed by atoms with E-state index < -0.39 is 11.9 Å². The van der Waals surface area contributed by atoms with E-state index in [9.17, 15) is 19.2 Å². The molecule has 0 saturated heterocycles. The topological polar surface area (TPSA) is 98.8 Å². The monoisotopic (exact) mass is 373 g/mol. The van der Waals surface area contributed by atoms with Crippen LogP contribution in [0.3, 0.4) is 0 Å². The number of carbonyl (C=O) groups is 4. The maximum atomic E-state index is 11.2. The first-order valence-electron chi connectivity index (χ1n) is 8.62. The Labute approximate surface area is 158 Å². The number of nitrogens with one attached hydrogen (secondary N) is 1. The van der Waals surface area contributed by atoms with Gasteiger partial charge in [-0.15, -0.1) is 0 Å². The van der Waals surface area contributed by atoms with Crippen molar-refractivity contribution in [2.45, 2.75) is 26.7 Å². The molecule has 0 unspecified atom stereocenters. The van der Waals surface area contributed by atoms with Crippen LogP contribution in [0.15, 0.2) is 48.6 Å². The minimum atomic E-state index is -0.514. The minimum Gasteiger partial charge on any atom is -0.463 e. The Morgan fingerprint density at radius 1 is 0.926 bits per heavy atom. The second-order valence-corrected chi connectivity index (χ2v) is 5.41. The number of imide groups is 1. The third-order valence-corrected chi connectivity index (χ3v) is 3.09. The Morgan fingerprint density at radius 2 is 1.44 bits per heavy atom. The molecule has 144 valence electrons. The summed E-state index contributed by atoms with van der Waals surface area (Å²) >= 11 is 0. The fourth-order valence-corrected chi connectivity index (χ4v) is 1.88. The van der Waals surface area contributed by atoms with E-state index in [0.29, 0.717) is 18.8 Å². The van der Waals surface area contributed by atoms with Crippen LogP contribution >= 0.6 is 0 Å². The molecule has 0 aromatic heterocycles. The van der Waals surface area contributed by atoms with Gasteiger partial charge in [0.05, 0.1) is 18.8 Å². The Balaban J connectivity index is 0.000000270. The smallest absolute Gasteiger partial charge is 0.331 e. The van der Waals surface area contributed by atoms with Crippen LogP contribution in [0.5, 0.6) is 0 Å². The molecule has 7 heteroatoms. The van der Waals surface area contributed by atoms with Gasteiger partial charge in [0.2, 0.25) is 0 Å². The maximum Gasteiger partial charge on any atom is 0.331 e. The standard InChI is InChI=1S/C10H7NO2.C10H16O4/c12-9-6-8(10(13)11-9)7-4-2-1-3-5-7;1-3-7-13-9(11)5-6-10(12)14-8-4-2/h1-6H,(H,11,12,13);5-6H,3-4,7-8H2,1-2H3/b;6-5-. The van der Waals surface area contributed by atoms with Gasteiger partial charge in [0.25, 0.3) is 11.8 Å². The predicted molar refractivity (Wildman–Crippen MR) is 99.2 cm³/mol. The van der Waals surface area contributed by atoms with Crippen LogP contribution in [0.25, 0.3) is 5.57 Å². The molecule has 1 aromatic rings. The molecular weight excluding hydrogens is 350 g/mol. The number of benzene rings is 1. The Morgan fingerprint density at radius 3 is 1.85 bits per heavy atom. The second-order valence-electron chi connectivity index (χ2n) is 5.41. The van der Waals surface area contributed by atoms with E-state index in [1.54, 1.807) is 12.1 Å². The van der Waals surface area contributed by atoms with Crippen LogP contribution in [0.1, 0.15) is 32.3 Å². The summed E-state index contributed by atoms with van der Waals surface area (Å²) in [6.07, 6.45) is 5.00. The second kappa shape index (κ2) is 12.2. The van der Waals surface area contributed by atoms with E-state index in [1.165, 1.54) is 6.08 Å². The molecule has 1 N–H and O–H groups in total. The van der Waals surface area contributed by atoms with Crippen LogP contribution in [-0.2, 0) is 28.7 Å². The molecule has 0 spiro atoms. The number of hydrogen-bond donors (Lipinski definition) is 1. The first kappa shape index (κ1) is 21.8. The van der Waals surface area contributed by atoms with Crippen molar-refractivity contribution < 1.29 is 28.7 Å². The minimum absolute atomic E-state index is 0.323. The van der Waals surface area contributed by atoms with E-state index >= 15 is 0 Å². The van der Waals surface area contributed by atoms with Gasteiger partial charge in [-0.1, -0.05) is 44.2 Å². The quantitative estimate of drug-likeness (QED) is 0.447. The SMILES string of the molecule is CCCOC(=O)/C=C\C(=O)OCCC.O=C1C=C(c2ccccc2)C(=O)N1. The molecule has 0 fully saturated rings. The molecule has 0 bridgehead atoms. The van der Waals surface area contributed by atoms with Gasteiger partial charge in [0, 0.05) is 18.2 Å². The highest BCUT2D eigenvalue weighted by atomic mass is 16.5. The van der Waals surface area contributed by atoms with Gasteiger partial charge in [0.1, 0.15) is 0 Å². The van der Waals surface area contributed by atoms with Gasteiger partial charge >= 0.3 is 11.9 Å². The summed E-state index contributed by atoms with van der Waals surface area (Å²) in [5, 5.41) is 2.19. The van der Waals surface area contributed by atoms with Crippen molar-refractivity contribution in [3.05, 3.63) is 54.1 Å². The van der Waals surface area contributed by atoms with Gasteiger partial charge < -0.3 is 9.47 Å². The third-order valence-electron chi connectivity index (χ3n) is 3.09. The molecule has 1 heterocycles. The fourth-order valence-electron chi connectivity index (χ4n) is 1.88. The molecule has 1 aromatic carbocycles. The Bertz CT molecular complexity index is 699. The zero-order valence-corrected chi connectivity index (χ0v) is 15.4. The third kappa shape index (κ3) is 8.62. The lowest BCUT2D eigenvalue weighted by atomic mass is 10.1.